The van der Waals surface area contributed by atoms with Gasteiger partial charge in [-0.15, -0.1) is 0 Å². The minimum atomic E-state index is 0.737. The minimum Gasteiger partial charge on any atom is -0.274 e. The van der Waals surface area contributed by atoms with Gasteiger partial charge >= 0.3 is 0 Å². The van der Waals surface area contributed by atoms with Crippen LogP contribution in [0.15, 0.2) is 29.0 Å². The monoisotopic (exact) mass is 222 g/mol. The van der Waals surface area contributed by atoms with Gasteiger partial charge in [0.25, 0.3) is 0 Å². The standard InChI is InChI=1S/C8H5BrN3/c9-8-6(5-11-12-8)7-3-1-2-4-10-7/h1-4H,(H,11,12). The van der Waals surface area contributed by atoms with E-state index in [9.17, 15) is 0 Å². The fourth-order valence-electron chi connectivity index (χ4n) is 0.921. The number of pyridine rings is 1. The fourth-order valence-corrected chi connectivity index (χ4v) is 1.31. The molecular weight excluding hydrogens is 218 g/mol. The lowest BCUT2D eigenvalue weighted by Gasteiger charge is -1.93. The molecule has 0 aromatic carbocycles. The van der Waals surface area contributed by atoms with Crippen LogP contribution in [-0.2, 0) is 0 Å². The van der Waals surface area contributed by atoms with Crippen molar-refractivity contribution in [3.05, 3.63) is 35.2 Å². The molecular formula is C8H5BrN3. The number of nitrogens with one attached hydrogen (secondary N) is 1. The van der Waals surface area contributed by atoms with Crippen LogP contribution in [0.25, 0.3) is 11.3 Å². The summed E-state index contributed by atoms with van der Waals surface area (Å²) < 4.78 is 0.737. The molecule has 0 amide bonds. The first kappa shape index (κ1) is 7.49. The van der Waals surface area contributed by atoms with Gasteiger partial charge in [-0.05, 0) is 28.1 Å². The number of aromatic amines is 1. The Morgan fingerprint density at radius 2 is 2.33 bits per heavy atom. The van der Waals surface area contributed by atoms with E-state index in [2.05, 4.69) is 37.3 Å². The molecule has 2 aromatic rings. The Morgan fingerprint density at radius 1 is 1.42 bits per heavy atom. The van der Waals surface area contributed by atoms with E-state index < -0.39 is 0 Å². The second kappa shape index (κ2) is 3.06. The SMILES string of the molecule is Brc1n[nH][c]c1-c1ccccn1. The normalized spacial score (nSPS) is 10.1. The van der Waals surface area contributed by atoms with E-state index in [0.717, 1.165) is 15.9 Å². The molecule has 4 heteroatoms. The Balaban J connectivity index is 2.51. The van der Waals surface area contributed by atoms with Crippen LogP contribution in [0.5, 0.6) is 0 Å². The summed E-state index contributed by atoms with van der Waals surface area (Å²) in [6, 6.07) is 5.71. The minimum absolute atomic E-state index is 0.737. The van der Waals surface area contributed by atoms with Crippen LogP contribution in [-0.4, -0.2) is 15.2 Å². The highest BCUT2D eigenvalue weighted by atomic mass is 79.9. The van der Waals surface area contributed by atoms with Crippen LogP contribution < -0.4 is 0 Å². The summed E-state index contributed by atoms with van der Waals surface area (Å²) >= 11 is 3.29. The highest BCUT2D eigenvalue weighted by Gasteiger charge is 2.05. The van der Waals surface area contributed by atoms with E-state index in [4.69, 9.17) is 0 Å². The van der Waals surface area contributed by atoms with Gasteiger partial charge in [-0.3, -0.25) is 10.1 Å². The Morgan fingerprint density at radius 3 is 2.92 bits per heavy atom. The first-order chi connectivity index (χ1) is 5.88. The van der Waals surface area contributed by atoms with Crippen molar-refractivity contribution in [2.75, 3.05) is 0 Å². The molecule has 0 aliphatic carbocycles. The summed E-state index contributed by atoms with van der Waals surface area (Å²) in [6.45, 7) is 0. The summed E-state index contributed by atoms with van der Waals surface area (Å²) in [5, 5.41) is 6.52. The molecule has 2 heterocycles. The van der Waals surface area contributed by atoms with Crippen molar-refractivity contribution in [1.29, 1.82) is 0 Å². The topological polar surface area (TPSA) is 41.6 Å². The number of hydrogen-bond acceptors (Lipinski definition) is 2. The summed E-state index contributed by atoms with van der Waals surface area (Å²) in [5.74, 6) is 0. The van der Waals surface area contributed by atoms with Gasteiger partial charge in [0.15, 0.2) is 0 Å². The molecule has 0 aliphatic heterocycles. The van der Waals surface area contributed by atoms with Crippen LogP contribution in [0.1, 0.15) is 0 Å². The summed E-state index contributed by atoms with van der Waals surface area (Å²) in [7, 11) is 0. The van der Waals surface area contributed by atoms with Gasteiger partial charge < -0.3 is 0 Å². The van der Waals surface area contributed by atoms with Gasteiger partial charge in [-0.2, -0.15) is 5.10 Å². The van der Waals surface area contributed by atoms with Crippen molar-refractivity contribution in [3.8, 4) is 11.3 Å². The Bertz CT molecular complexity index is 369. The third kappa shape index (κ3) is 1.25. The Labute approximate surface area is 78.0 Å². The quantitative estimate of drug-likeness (QED) is 0.803. The molecule has 2 rings (SSSR count). The van der Waals surface area contributed by atoms with E-state index in [1.54, 1.807) is 6.20 Å². The van der Waals surface area contributed by atoms with Gasteiger partial charge in [-0.25, -0.2) is 0 Å². The predicted octanol–water partition coefficient (Wildman–Crippen LogP) is 2.03. The number of aromatic nitrogens is 3. The van der Waals surface area contributed by atoms with Gasteiger partial charge in [0, 0.05) is 6.20 Å². The maximum absolute atomic E-state index is 4.16. The molecule has 0 spiro atoms. The average molecular weight is 223 g/mol. The number of nitrogens with zero attached hydrogens (tertiary/aromatic N) is 2. The van der Waals surface area contributed by atoms with Crippen molar-refractivity contribution in [1.82, 2.24) is 15.2 Å². The molecule has 2 aromatic heterocycles. The smallest absolute Gasteiger partial charge is 0.138 e. The zero-order chi connectivity index (χ0) is 8.39. The molecule has 0 unspecified atom stereocenters. The molecule has 12 heavy (non-hydrogen) atoms. The van der Waals surface area contributed by atoms with Gasteiger partial charge in [0.1, 0.15) is 4.60 Å². The third-order valence-electron chi connectivity index (χ3n) is 1.46. The molecule has 59 valence electrons. The average Bonchev–Trinajstić information content (AvgIpc) is 2.53. The summed E-state index contributed by atoms with van der Waals surface area (Å²) in [5.41, 5.74) is 1.72. The van der Waals surface area contributed by atoms with Crippen LogP contribution in [0.3, 0.4) is 0 Å². The van der Waals surface area contributed by atoms with Crippen LogP contribution in [0.2, 0.25) is 0 Å². The second-order valence-corrected chi connectivity index (χ2v) is 2.98. The molecule has 0 saturated heterocycles. The largest absolute Gasteiger partial charge is 0.274 e. The number of hydrogen-bond donors (Lipinski definition) is 1. The van der Waals surface area contributed by atoms with Gasteiger partial charge in [-0.1, -0.05) is 6.07 Å². The molecule has 0 bridgehead atoms. The predicted molar refractivity (Wildman–Crippen MR) is 48.4 cm³/mol. The van der Waals surface area contributed by atoms with Crippen LogP contribution >= 0.6 is 15.9 Å². The first-order valence-electron chi connectivity index (χ1n) is 3.41. The third-order valence-corrected chi connectivity index (χ3v) is 2.04. The Hall–Kier alpha value is -1.16. The van der Waals surface area contributed by atoms with Crippen molar-refractivity contribution in [2.24, 2.45) is 0 Å². The molecule has 3 nitrogen and oxygen atoms in total. The maximum Gasteiger partial charge on any atom is 0.138 e. The second-order valence-electron chi connectivity index (χ2n) is 2.23. The van der Waals surface area contributed by atoms with Gasteiger partial charge in [0.05, 0.1) is 17.5 Å². The molecule has 0 fully saturated rings. The summed E-state index contributed by atoms with van der Waals surface area (Å²) in [4.78, 5) is 4.16. The molecule has 1 radical (unpaired) electrons. The van der Waals surface area contributed by atoms with E-state index in [-0.39, 0.29) is 0 Å². The van der Waals surface area contributed by atoms with Crippen LogP contribution in [0.4, 0.5) is 0 Å². The maximum atomic E-state index is 4.16. The highest BCUT2D eigenvalue weighted by molar-refractivity contribution is 9.10. The molecule has 1 N–H and O–H groups in total. The van der Waals surface area contributed by atoms with Crippen molar-refractivity contribution < 1.29 is 0 Å². The lowest BCUT2D eigenvalue weighted by molar-refractivity contribution is 1.06. The van der Waals surface area contributed by atoms with Crippen molar-refractivity contribution in [3.63, 3.8) is 0 Å². The van der Waals surface area contributed by atoms with E-state index in [1.165, 1.54) is 0 Å². The lowest BCUT2D eigenvalue weighted by atomic mass is 10.2. The molecule has 0 atom stereocenters. The first-order valence-corrected chi connectivity index (χ1v) is 4.20. The number of rotatable bonds is 1. The number of H-pyrrole nitrogens is 1. The highest BCUT2D eigenvalue weighted by Crippen LogP contribution is 2.22. The van der Waals surface area contributed by atoms with Crippen LogP contribution in [0, 0.1) is 6.20 Å². The summed E-state index contributed by atoms with van der Waals surface area (Å²) in [6.07, 6.45) is 4.61. The van der Waals surface area contributed by atoms with Gasteiger partial charge in [0.2, 0.25) is 0 Å². The number of halogens is 1. The van der Waals surface area contributed by atoms with E-state index in [0.29, 0.717) is 0 Å². The molecule has 0 saturated carbocycles. The lowest BCUT2D eigenvalue weighted by Crippen LogP contribution is -1.79. The Kier molecular flexibility index (Phi) is 1.91. The molecule has 0 aliphatic rings. The zero-order valence-electron chi connectivity index (χ0n) is 6.08. The van der Waals surface area contributed by atoms with Crippen molar-refractivity contribution >= 4 is 15.9 Å². The van der Waals surface area contributed by atoms with E-state index in [1.807, 2.05) is 18.2 Å². The zero-order valence-corrected chi connectivity index (χ0v) is 7.67. The van der Waals surface area contributed by atoms with E-state index >= 15 is 0 Å². The van der Waals surface area contributed by atoms with Crippen molar-refractivity contribution in [2.45, 2.75) is 0 Å². The fraction of sp³-hybridized carbons (Fsp3) is 0.